The highest BCUT2D eigenvalue weighted by molar-refractivity contribution is 5.89. The zero-order valence-corrected chi connectivity index (χ0v) is 23.6. The monoisotopic (exact) mass is 526 g/mol. The predicted molar refractivity (Wildman–Crippen MR) is 152 cm³/mol. The third kappa shape index (κ3) is 4.64. The van der Waals surface area contributed by atoms with Crippen LogP contribution in [0.15, 0.2) is 72.3 Å². The number of hydrogen-bond acceptors (Lipinski definition) is 4. The molecule has 0 radical (unpaired) electrons. The smallest absolute Gasteiger partial charge is 0.338 e. The molecule has 0 N–H and O–H groups in total. The van der Waals surface area contributed by atoms with E-state index < -0.39 is 0 Å². The van der Waals surface area contributed by atoms with Gasteiger partial charge in [0.05, 0.1) is 11.1 Å². The first-order chi connectivity index (χ1) is 18.8. The molecule has 4 heteroatoms. The Morgan fingerprint density at radius 2 is 1.49 bits per heavy atom. The number of benzene rings is 2. The molecule has 0 bridgehead atoms. The van der Waals surface area contributed by atoms with Crippen molar-refractivity contribution in [1.82, 2.24) is 0 Å². The van der Waals surface area contributed by atoms with E-state index in [0.29, 0.717) is 34.8 Å². The topological polar surface area (TPSA) is 52.6 Å². The van der Waals surface area contributed by atoms with Crippen LogP contribution in [0, 0.1) is 34.5 Å². The van der Waals surface area contributed by atoms with Gasteiger partial charge >= 0.3 is 11.9 Å². The molecule has 0 saturated heterocycles. The average molecular weight is 527 g/mol. The van der Waals surface area contributed by atoms with Crippen LogP contribution in [0.3, 0.4) is 0 Å². The summed E-state index contributed by atoms with van der Waals surface area (Å²) in [4.78, 5) is 25.5. The van der Waals surface area contributed by atoms with E-state index in [9.17, 15) is 9.59 Å². The van der Waals surface area contributed by atoms with Crippen molar-refractivity contribution in [1.29, 1.82) is 0 Å². The van der Waals surface area contributed by atoms with Gasteiger partial charge in [-0.2, -0.15) is 0 Å². The molecule has 0 unspecified atom stereocenters. The van der Waals surface area contributed by atoms with E-state index in [1.54, 1.807) is 0 Å². The lowest BCUT2D eigenvalue weighted by atomic mass is 9.47. The molecule has 3 saturated carbocycles. The van der Waals surface area contributed by atoms with Crippen LogP contribution in [0.25, 0.3) is 0 Å². The third-order valence-corrected chi connectivity index (χ3v) is 11.3. The number of esters is 2. The molecule has 2 aromatic rings. The van der Waals surface area contributed by atoms with E-state index in [4.69, 9.17) is 9.47 Å². The standard InChI is InChI=1S/C35H42O4/c1-23(38-32(36)24-10-6-4-7-11-24)29-16-17-30-28-15-14-26-22-27(39-33(37)25-12-8-5-9-13-25)18-20-34(26,2)31(28)19-21-35(29,30)3/h4-14,23,27-31H,15-22H2,1-3H3/t23-,27-,28+,29-,30+,31+,34-,35-/m0/s1. The molecule has 4 aliphatic rings. The Kier molecular flexibility index (Phi) is 6.93. The van der Waals surface area contributed by atoms with Crippen molar-refractivity contribution >= 4 is 11.9 Å². The maximum atomic E-state index is 12.8. The van der Waals surface area contributed by atoms with Crippen molar-refractivity contribution in [2.75, 3.05) is 0 Å². The third-order valence-electron chi connectivity index (χ3n) is 11.3. The highest BCUT2D eigenvalue weighted by Gasteiger charge is 2.59. The Labute approximate surface area is 233 Å². The Bertz CT molecular complexity index is 1240. The SMILES string of the molecule is C[C@H](OC(=O)c1ccccc1)[C@@H]1CC[C@@H]2[C@H]3CC=C4C[C@@H](OC(=O)c5ccccc5)CC[C@]4(C)[C@@H]3CC[C@]21C. The fraction of sp³-hybridized carbons (Fsp3) is 0.543. The largest absolute Gasteiger partial charge is 0.459 e. The van der Waals surface area contributed by atoms with Crippen molar-refractivity contribution in [3.63, 3.8) is 0 Å². The van der Waals surface area contributed by atoms with Gasteiger partial charge in [0.2, 0.25) is 0 Å². The molecule has 39 heavy (non-hydrogen) atoms. The Hall–Kier alpha value is -2.88. The van der Waals surface area contributed by atoms with Crippen LogP contribution in [0.2, 0.25) is 0 Å². The van der Waals surface area contributed by atoms with Gasteiger partial charge in [0, 0.05) is 12.3 Å². The van der Waals surface area contributed by atoms with E-state index in [2.05, 4.69) is 26.8 Å². The van der Waals surface area contributed by atoms with E-state index in [-0.39, 0.29) is 35.0 Å². The molecular weight excluding hydrogens is 484 g/mol. The number of rotatable bonds is 5. The van der Waals surface area contributed by atoms with Crippen LogP contribution in [-0.4, -0.2) is 24.1 Å². The van der Waals surface area contributed by atoms with Gasteiger partial charge in [-0.3, -0.25) is 0 Å². The summed E-state index contributed by atoms with van der Waals surface area (Å²) in [6.45, 7) is 7.09. The molecule has 4 nitrogen and oxygen atoms in total. The Balaban J connectivity index is 1.14. The van der Waals surface area contributed by atoms with Crippen molar-refractivity contribution in [3.05, 3.63) is 83.4 Å². The summed E-state index contributed by atoms with van der Waals surface area (Å²) >= 11 is 0. The highest BCUT2D eigenvalue weighted by atomic mass is 16.5. The molecule has 8 atom stereocenters. The molecule has 0 spiro atoms. The van der Waals surface area contributed by atoms with E-state index in [1.807, 2.05) is 60.7 Å². The number of carbonyl (C=O) groups is 2. The summed E-state index contributed by atoms with van der Waals surface area (Å²) in [6.07, 6.45) is 11.2. The summed E-state index contributed by atoms with van der Waals surface area (Å²) in [5.74, 6) is 2.03. The normalized spacial score (nSPS) is 36.0. The van der Waals surface area contributed by atoms with Gasteiger partial charge in [-0.1, -0.05) is 61.9 Å². The van der Waals surface area contributed by atoms with Crippen LogP contribution in [0.1, 0.15) is 92.9 Å². The predicted octanol–water partition coefficient (Wildman–Crippen LogP) is 8.04. The average Bonchev–Trinajstić information content (AvgIpc) is 3.31. The molecule has 0 aromatic heterocycles. The molecule has 0 heterocycles. The second-order valence-corrected chi connectivity index (χ2v) is 13.1. The van der Waals surface area contributed by atoms with Gasteiger partial charge in [-0.25, -0.2) is 9.59 Å². The van der Waals surface area contributed by atoms with Gasteiger partial charge in [0.1, 0.15) is 12.2 Å². The molecular formula is C35H42O4. The number of hydrogen-bond donors (Lipinski definition) is 0. The van der Waals surface area contributed by atoms with Crippen molar-refractivity contribution in [2.45, 2.75) is 84.3 Å². The zero-order chi connectivity index (χ0) is 27.2. The van der Waals surface area contributed by atoms with Crippen molar-refractivity contribution in [3.8, 4) is 0 Å². The van der Waals surface area contributed by atoms with Crippen molar-refractivity contribution in [2.24, 2.45) is 34.5 Å². The molecule has 0 aliphatic heterocycles. The number of ether oxygens (including phenoxy) is 2. The summed E-state index contributed by atoms with van der Waals surface area (Å²) in [5, 5.41) is 0. The molecule has 6 rings (SSSR count). The van der Waals surface area contributed by atoms with Gasteiger partial charge in [-0.15, -0.1) is 0 Å². The van der Waals surface area contributed by atoms with E-state index >= 15 is 0 Å². The first kappa shape index (κ1) is 26.3. The number of carbonyl (C=O) groups excluding carboxylic acids is 2. The van der Waals surface area contributed by atoms with Crippen LogP contribution in [0.5, 0.6) is 0 Å². The Morgan fingerprint density at radius 3 is 2.18 bits per heavy atom. The minimum Gasteiger partial charge on any atom is -0.459 e. The van der Waals surface area contributed by atoms with Gasteiger partial charge < -0.3 is 9.47 Å². The lowest BCUT2D eigenvalue weighted by Crippen LogP contribution is -2.51. The summed E-state index contributed by atoms with van der Waals surface area (Å²) in [6, 6.07) is 18.7. The molecule has 4 aliphatic carbocycles. The summed E-state index contributed by atoms with van der Waals surface area (Å²) in [7, 11) is 0. The molecule has 0 amide bonds. The maximum Gasteiger partial charge on any atom is 0.338 e. The van der Waals surface area contributed by atoms with Gasteiger partial charge in [0.25, 0.3) is 0 Å². The van der Waals surface area contributed by atoms with Crippen LogP contribution >= 0.6 is 0 Å². The molecule has 206 valence electrons. The van der Waals surface area contributed by atoms with Crippen LogP contribution in [0.4, 0.5) is 0 Å². The first-order valence-corrected chi connectivity index (χ1v) is 15.0. The first-order valence-electron chi connectivity index (χ1n) is 15.0. The molecule has 2 aromatic carbocycles. The minimum atomic E-state index is -0.203. The highest BCUT2D eigenvalue weighted by Crippen LogP contribution is 2.66. The second-order valence-electron chi connectivity index (χ2n) is 13.1. The van der Waals surface area contributed by atoms with E-state index in [1.165, 1.54) is 24.8 Å². The molecule has 3 fully saturated rings. The van der Waals surface area contributed by atoms with Crippen molar-refractivity contribution < 1.29 is 19.1 Å². The second kappa shape index (κ2) is 10.3. The lowest BCUT2D eigenvalue weighted by molar-refractivity contribution is -0.0727. The lowest BCUT2D eigenvalue weighted by Gasteiger charge is -2.58. The quantitative estimate of drug-likeness (QED) is 0.292. The maximum absolute atomic E-state index is 12.8. The number of fused-ring (bicyclic) bond motifs is 5. The van der Waals surface area contributed by atoms with E-state index in [0.717, 1.165) is 32.1 Å². The Morgan fingerprint density at radius 1 is 0.821 bits per heavy atom. The minimum absolute atomic E-state index is 0.0292. The van der Waals surface area contributed by atoms with Gasteiger partial charge in [-0.05, 0) is 105 Å². The summed E-state index contributed by atoms with van der Waals surface area (Å²) in [5.41, 5.74) is 3.19. The summed E-state index contributed by atoms with van der Waals surface area (Å²) < 4.78 is 12.0. The van der Waals surface area contributed by atoms with Crippen LogP contribution in [-0.2, 0) is 9.47 Å². The van der Waals surface area contributed by atoms with Crippen LogP contribution < -0.4 is 0 Å². The zero-order valence-electron chi connectivity index (χ0n) is 23.6. The fourth-order valence-electron chi connectivity index (χ4n) is 9.23. The van der Waals surface area contributed by atoms with Gasteiger partial charge in [0.15, 0.2) is 0 Å². The fourth-order valence-corrected chi connectivity index (χ4v) is 9.23. The number of allylic oxidation sites excluding steroid dienone is 1.